The molecule has 9 nitrogen and oxygen atoms in total. The second-order valence-electron chi connectivity index (χ2n) is 4.05. The first kappa shape index (κ1) is 14.4. The van der Waals surface area contributed by atoms with Gasteiger partial charge in [0.05, 0.1) is 12.0 Å². The summed E-state index contributed by atoms with van der Waals surface area (Å²) in [7, 11) is 1.35. The molecular weight excluding hydrogens is 278 g/mol. The number of nitrogens with zero attached hydrogens (tertiary/aromatic N) is 3. The molecule has 21 heavy (non-hydrogen) atoms. The summed E-state index contributed by atoms with van der Waals surface area (Å²) < 4.78 is 5.02. The Labute approximate surface area is 119 Å². The van der Waals surface area contributed by atoms with E-state index in [-0.39, 0.29) is 23.5 Å². The Morgan fingerprint density at radius 3 is 2.95 bits per heavy atom. The summed E-state index contributed by atoms with van der Waals surface area (Å²) in [5.74, 6) is 0.199. The highest BCUT2D eigenvalue weighted by Crippen LogP contribution is 2.27. The smallest absolute Gasteiger partial charge is 0.285 e. The molecule has 1 heterocycles. The van der Waals surface area contributed by atoms with Gasteiger partial charge in [-0.05, 0) is 6.07 Å². The van der Waals surface area contributed by atoms with Gasteiger partial charge in [0.25, 0.3) is 11.6 Å². The van der Waals surface area contributed by atoms with Gasteiger partial charge in [0.15, 0.2) is 5.56 Å². The van der Waals surface area contributed by atoms with Crippen molar-refractivity contribution in [3.63, 3.8) is 0 Å². The molecule has 0 atom stereocenters. The Balaban J connectivity index is 2.12. The van der Waals surface area contributed by atoms with Gasteiger partial charge >= 0.3 is 0 Å². The van der Waals surface area contributed by atoms with Crippen LogP contribution in [0.4, 0.5) is 5.69 Å². The first-order valence-electron chi connectivity index (χ1n) is 6.07. The van der Waals surface area contributed by atoms with Crippen LogP contribution in [0.2, 0.25) is 0 Å². The van der Waals surface area contributed by atoms with Crippen LogP contribution in [-0.4, -0.2) is 39.7 Å². The molecule has 0 spiro atoms. The SMILES string of the molecule is COc1cccc([N+](=O)[O-])c1C(=O)NCCc1ncn[nH]1. The molecule has 0 bridgehead atoms. The summed E-state index contributed by atoms with van der Waals surface area (Å²) in [5, 5.41) is 19.9. The molecule has 0 radical (unpaired) electrons. The van der Waals surface area contributed by atoms with E-state index in [9.17, 15) is 14.9 Å². The van der Waals surface area contributed by atoms with Crippen molar-refractivity contribution in [2.75, 3.05) is 13.7 Å². The summed E-state index contributed by atoms with van der Waals surface area (Å²) in [6.07, 6.45) is 1.80. The first-order chi connectivity index (χ1) is 10.1. The number of hydrogen-bond acceptors (Lipinski definition) is 6. The highest BCUT2D eigenvalue weighted by molar-refractivity contribution is 6.00. The maximum Gasteiger partial charge on any atom is 0.285 e. The molecule has 2 aromatic rings. The lowest BCUT2D eigenvalue weighted by Crippen LogP contribution is -2.27. The van der Waals surface area contributed by atoms with Crippen molar-refractivity contribution in [1.29, 1.82) is 0 Å². The van der Waals surface area contributed by atoms with Gasteiger partial charge in [-0.25, -0.2) is 4.98 Å². The summed E-state index contributed by atoms with van der Waals surface area (Å²) in [5.41, 5.74) is -0.394. The number of carbonyl (C=O) groups is 1. The van der Waals surface area contributed by atoms with Crippen LogP contribution >= 0.6 is 0 Å². The molecule has 0 saturated heterocycles. The van der Waals surface area contributed by atoms with E-state index in [0.29, 0.717) is 12.2 Å². The van der Waals surface area contributed by atoms with Crippen LogP contribution in [0.5, 0.6) is 5.75 Å². The minimum atomic E-state index is -0.617. The van der Waals surface area contributed by atoms with E-state index in [0.717, 1.165) is 0 Å². The van der Waals surface area contributed by atoms with Crippen molar-refractivity contribution in [3.05, 3.63) is 46.0 Å². The quantitative estimate of drug-likeness (QED) is 0.596. The zero-order valence-corrected chi connectivity index (χ0v) is 11.2. The Morgan fingerprint density at radius 1 is 1.52 bits per heavy atom. The zero-order valence-electron chi connectivity index (χ0n) is 11.2. The second-order valence-corrected chi connectivity index (χ2v) is 4.05. The van der Waals surface area contributed by atoms with Crippen LogP contribution in [0.15, 0.2) is 24.5 Å². The fourth-order valence-corrected chi connectivity index (χ4v) is 1.80. The molecule has 1 aromatic carbocycles. The van der Waals surface area contributed by atoms with E-state index in [2.05, 4.69) is 20.5 Å². The van der Waals surface area contributed by atoms with Gasteiger partial charge in [0, 0.05) is 19.0 Å². The molecule has 2 N–H and O–H groups in total. The largest absolute Gasteiger partial charge is 0.496 e. The maximum absolute atomic E-state index is 12.1. The van der Waals surface area contributed by atoms with Crippen molar-refractivity contribution in [3.8, 4) is 5.75 Å². The first-order valence-corrected chi connectivity index (χ1v) is 6.07. The number of benzene rings is 1. The number of rotatable bonds is 6. The van der Waals surface area contributed by atoms with Crippen molar-refractivity contribution >= 4 is 11.6 Å². The van der Waals surface area contributed by atoms with E-state index in [1.807, 2.05) is 0 Å². The molecule has 9 heteroatoms. The van der Waals surface area contributed by atoms with E-state index in [1.165, 1.54) is 31.6 Å². The van der Waals surface area contributed by atoms with Crippen LogP contribution in [0.3, 0.4) is 0 Å². The molecule has 110 valence electrons. The lowest BCUT2D eigenvalue weighted by Gasteiger charge is -2.09. The Kier molecular flexibility index (Phi) is 4.44. The lowest BCUT2D eigenvalue weighted by atomic mass is 10.1. The Hall–Kier alpha value is -2.97. The number of nitrogens with one attached hydrogen (secondary N) is 2. The third kappa shape index (κ3) is 3.32. The number of hydrogen-bond donors (Lipinski definition) is 2. The van der Waals surface area contributed by atoms with Crippen LogP contribution < -0.4 is 10.1 Å². The Bertz CT molecular complexity index is 641. The van der Waals surface area contributed by atoms with Gasteiger partial charge < -0.3 is 10.1 Å². The standard InChI is InChI=1S/C12H13N5O4/c1-21-9-4-2-3-8(17(19)20)11(9)12(18)13-6-5-10-14-7-15-16-10/h2-4,7H,5-6H2,1H3,(H,13,18)(H,14,15,16). The van der Waals surface area contributed by atoms with Crippen LogP contribution in [-0.2, 0) is 6.42 Å². The minimum Gasteiger partial charge on any atom is -0.496 e. The topological polar surface area (TPSA) is 123 Å². The monoisotopic (exact) mass is 291 g/mol. The van der Waals surface area contributed by atoms with E-state index in [1.54, 1.807) is 0 Å². The number of ether oxygens (including phenoxy) is 1. The molecule has 0 aliphatic heterocycles. The summed E-state index contributed by atoms with van der Waals surface area (Å²) in [4.78, 5) is 26.4. The summed E-state index contributed by atoms with van der Waals surface area (Å²) in [6.45, 7) is 0.267. The average Bonchev–Trinajstić information content (AvgIpc) is 2.99. The van der Waals surface area contributed by atoms with Gasteiger partial charge in [-0.1, -0.05) is 6.07 Å². The van der Waals surface area contributed by atoms with Gasteiger partial charge in [-0.2, -0.15) is 5.10 Å². The number of methoxy groups -OCH3 is 1. The lowest BCUT2D eigenvalue weighted by molar-refractivity contribution is -0.385. The molecule has 1 amide bonds. The van der Waals surface area contributed by atoms with E-state index < -0.39 is 10.8 Å². The van der Waals surface area contributed by atoms with Gasteiger partial charge in [-0.15, -0.1) is 0 Å². The molecule has 0 unspecified atom stereocenters. The number of nitro groups is 1. The molecular formula is C12H13N5O4. The minimum absolute atomic E-state index is 0.0948. The van der Waals surface area contributed by atoms with Gasteiger partial charge in [0.2, 0.25) is 0 Å². The van der Waals surface area contributed by atoms with Crippen molar-refractivity contribution in [2.24, 2.45) is 0 Å². The van der Waals surface area contributed by atoms with Crippen molar-refractivity contribution in [2.45, 2.75) is 6.42 Å². The number of H-pyrrole nitrogens is 1. The predicted molar refractivity (Wildman–Crippen MR) is 72.1 cm³/mol. The molecule has 0 fully saturated rings. The molecule has 0 aliphatic carbocycles. The summed E-state index contributed by atoms with van der Waals surface area (Å²) >= 11 is 0. The van der Waals surface area contributed by atoms with Gasteiger partial charge in [-0.3, -0.25) is 20.0 Å². The average molecular weight is 291 g/mol. The zero-order chi connectivity index (χ0) is 15.2. The molecule has 1 aromatic heterocycles. The number of amides is 1. The predicted octanol–water partition coefficient (Wildman–Crippen LogP) is 0.694. The highest BCUT2D eigenvalue weighted by Gasteiger charge is 2.24. The maximum atomic E-state index is 12.1. The third-order valence-electron chi connectivity index (χ3n) is 2.76. The van der Waals surface area contributed by atoms with Crippen LogP contribution in [0, 0.1) is 10.1 Å². The molecule has 2 rings (SSSR count). The molecule has 0 aliphatic rings. The second kappa shape index (κ2) is 6.46. The Morgan fingerprint density at radius 2 is 2.33 bits per heavy atom. The fraction of sp³-hybridized carbons (Fsp3) is 0.250. The third-order valence-corrected chi connectivity index (χ3v) is 2.76. The molecule has 0 saturated carbocycles. The van der Waals surface area contributed by atoms with Crippen LogP contribution in [0.1, 0.15) is 16.2 Å². The number of carbonyl (C=O) groups excluding carboxylic acids is 1. The van der Waals surface area contributed by atoms with Crippen molar-refractivity contribution in [1.82, 2.24) is 20.5 Å². The van der Waals surface area contributed by atoms with Crippen molar-refractivity contribution < 1.29 is 14.5 Å². The van der Waals surface area contributed by atoms with Crippen LogP contribution in [0.25, 0.3) is 0 Å². The fourth-order valence-electron chi connectivity index (χ4n) is 1.80. The highest BCUT2D eigenvalue weighted by atomic mass is 16.6. The number of aromatic nitrogens is 3. The number of aromatic amines is 1. The van der Waals surface area contributed by atoms with E-state index in [4.69, 9.17) is 4.74 Å². The van der Waals surface area contributed by atoms with Gasteiger partial charge in [0.1, 0.15) is 17.9 Å². The normalized spacial score (nSPS) is 10.1. The van der Waals surface area contributed by atoms with E-state index >= 15 is 0 Å². The number of nitro benzene ring substituents is 1. The summed E-state index contributed by atoms with van der Waals surface area (Å²) in [6, 6.07) is 4.22.